The molecule has 0 heterocycles. The Balaban J connectivity index is 4.82. The maximum absolute atomic E-state index is 13.2. The molecule has 0 fully saturated rings. The Kier molecular flexibility index (Phi) is 28.6. The van der Waals surface area contributed by atoms with Crippen molar-refractivity contribution in [3.63, 3.8) is 0 Å². The van der Waals surface area contributed by atoms with E-state index in [-0.39, 0.29) is 24.7 Å². The molecule has 0 saturated heterocycles. The van der Waals surface area contributed by atoms with Gasteiger partial charge in [0.2, 0.25) is 10.0 Å². The molecule has 0 aromatic rings. The average Bonchev–Trinajstić information content (AvgIpc) is 2.95. The standard InChI is InChI=1S/C35H72N2O4S/c1-6-9-12-15-18-21-26-34(27-22-19-16-13-10-7-2)33-41-35(38)28-31-37(30-24-23-29-36(4)5)42(39,40)32-25-20-17-14-11-8-3/h34H,6-33H2,1-5H3. The van der Waals surface area contributed by atoms with E-state index in [1.165, 1.54) is 96.3 Å². The molecule has 0 N–H and O–H groups in total. The van der Waals surface area contributed by atoms with Crippen molar-refractivity contribution in [3.8, 4) is 0 Å². The van der Waals surface area contributed by atoms with Crippen LogP contribution in [0.5, 0.6) is 0 Å². The topological polar surface area (TPSA) is 66.9 Å². The van der Waals surface area contributed by atoms with E-state index in [1.54, 1.807) is 4.31 Å². The van der Waals surface area contributed by atoms with Crippen molar-refractivity contribution in [3.05, 3.63) is 0 Å². The summed E-state index contributed by atoms with van der Waals surface area (Å²) in [6.45, 7) is 8.83. The molecule has 252 valence electrons. The molecule has 0 radical (unpaired) electrons. The van der Waals surface area contributed by atoms with Crippen LogP contribution in [0.3, 0.4) is 0 Å². The van der Waals surface area contributed by atoms with Crippen molar-refractivity contribution < 1.29 is 17.9 Å². The second-order valence-electron chi connectivity index (χ2n) is 12.9. The Morgan fingerprint density at radius 1 is 0.595 bits per heavy atom. The van der Waals surface area contributed by atoms with Crippen LogP contribution in [0, 0.1) is 5.92 Å². The van der Waals surface area contributed by atoms with E-state index in [9.17, 15) is 13.2 Å². The van der Waals surface area contributed by atoms with Crippen LogP contribution < -0.4 is 0 Å². The molecule has 0 atom stereocenters. The smallest absolute Gasteiger partial charge is 0.307 e. The minimum Gasteiger partial charge on any atom is -0.465 e. The summed E-state index contributed by atoms with van der Waals surface area (Å²) in [7, 11) is 0.700. The lowest BCUT2D eigenvalue weighted by Gasteiger charge is -2.23. The monoisotopic (exact) mass is 617 g/mol. The predicted molar refractivity (Wildman–Crippen MR) is 182 cm³/mol. The van der Waals surface area contributed by atoms with E-state index in [2.05, 4.69) is 25.7 Å². The number of hydrogen-bond donors (Lipinski definition) is 0. The van der Waals surface area contributed by atoms with Crippen molar-refractivity contribution in [1.82, 2.24) is 9.21 Å². The van der Waals surface area contributed by atoms with Crippen molar-refractivity contribution >= 4 is 16.0 Å². The number of carbonyl (C=O) groups excluding carboxylic acids is 1. The van der Waals surface area contributed by atoms with E-state index in [4.69, 9.17) is 4.74 Å². The van der Waals surface area contributed by atoms with Gasteiger partial charge in [-0.25, -0.2) is 12.7 Å². The predicted octanol–water partition coefficient (Wildman–Crippen LogP) is 9.37. The highest BCUT2D eigenvalue weighted by atomic mass is 32.2. The fraction of sp³-hybridized carbons (Fsp3) is 0.971. The summed E-state index contributed by atoms with van der Waals surface area (Å²) in [5, 5.41) is 0. The first-order chi connectivity index (χ1) is 20.3. The molecule has 0 spiro atoms. The van der Waals surface area contributed by atoms with Crippen molar-refractivity contribution in [1.29, 1.82) is 0 Å². The second kappa shape index (κ2) is 29.1. The molecule has 42 heavy (non-hydrogen) atoms. The quantitative estimate of drug-likeness (QED) is 0.0556. The molecule has 0 unspecified atom stereocenters. The third kappa shape index (κ3) is 25.8. The zero-order valence-corrected chi connectivity index (χ0v) is 29.6. The molecule has 0 amide bonds. The fourth-order valence-electron chi connectivity index (χ4n) is 5.54. The van der Waals surface area contributed by atoms with Gasteiger partial charge in [0.25, 0.3) is 0 Å². The highest BCUT2D eigenvalue weighted by molar-refractivity contribution is 7.89. The van der Waals surface area contributed by atoms with Crippen LogP contribution in [0.1, 0.15) is 168 Å². The van der Waals surface area contributed by atoms with E-state index in [0.717, 1.165) is 45.1 Å². The van der Waals surface area contributed by atoms with Crippen molar-refractivity contribution in [2.75, 3.05) is 46.1 Å². The first kappa shape index (κ1) is 41.3. The summed E-state index contributed by atoms with van der Waals surface area (Å²) in [6.07, 6.45) is 25.8. The third-order valence-corrected chi connectivity index (χ3v) is 10.3. The normalized spacial score (nSPS) is 12.2. The van der Waals surface area contributed by atoms with Gasteiger partial charge in [0, 0.05) is 13.1 Å². The first-order valence-corrected chi connectivity index (χ1v) is 19.7. The van der Waals surface area contributed by atoms with Crippen molar-refractivity contribution in [2.45, 2.75) is 168 Å². The zero-order chi connectivity index (χ0) is 31.3. The van der Waals surface area contributed by atoms with Gasteiger partial charge in [-0.3, -0.25) is 4.79 Å². The number of carbonyl (C=O) groups is 1. The SMILES string of the molecule is CCCCCCCCC(CCCCCCCC)COC(=O)CCN(CCCCN(C)C)S(=O)(=O)CCCCCCCC. The molecule has 0 aliphatic heterocycles. The van der Waals surface area contributed by atoms with Gasteiger partial charge in [0.1, 0.15) is 0 Å². The number of esters is 1. The zero-order valence-electron chi connectivity index (χ0n) is 28.8. The Morgan fingerprint density at radius 3 is 1.55 bits per heavy atom. The summed E-state index contributed by atoms with van der Waals surface area (Å²) >= 11 is 0. The second-order valence-corrected chi connectivity index (χ2v) is 15.0. The molecule has 7 heteroatoms. The molecule has 0 aromatic carbocycles. The first-order valence-electron chi connectivity index (χ1n) is 18.0. The lowest BCUT2D eigenvalue weighted by Crippen LogP contribution is -2.36. The van der Waals surface area contributed by atoms with E-state index in [0.29, 0.717) is 25.5 Å². The number of sulfonamides is 1. The number of ether oxygens (including phenoxy) is 1. The molecule has 0 saturated carbocycles. The molecular weight excluding hydrogens is 544 g/mol. The van der Waals surface area contributed by atoms with Gasteiger partial charge in [0.05, 0.1) is 18.8 Å². The van der Waals surface area contributed by atoms with Crippen molar-refractivity contribution in [2.24, 2.45) is 5.92 Å². The molecule has 0 bridgehead atoms. The minimum atomic E-state index is -3.37. The van der Waals surface area contributed by atoms with Gasteiger partial charge < -0.3 is 9.64 Å². The number of rotatable bonds is 32. The minimum absolute atomic E-state index is 0.143. The number of unbranched alkanes of at least 4 members (excludes halogenated alkanes) is 16. The van der Waals surface area contributed by atoms with Crippen LogP contribution in [-0.4, -0.2) is 69.7 Å². The van der Waals surface area contributed by atoms with Crippen LogP contribution >= 0.6 is 0 Å². The Hall–Kier alpha value is -0.660. The third-order valence-electron chi connectivity index (χ3n) is 8.39. The van der Waals surface area contributed by atoms with E-state index in [1.807, 2.05) is 14.1 Å². The van der Waals surface area contributed by atoms with Gasteiger partial charge in [-0.05, 0) is 58.7 Å². The lowest BCUT2D eigenvalue weighted by molar-refractivity contribution is -0.145. The van der Waals surface area contributed by atoms with E-state index >= 15 is 0 Å². The molecular formula is C35H72N2O4S. The van der Waals surface area contributed by atoms with Gasteiger partial charge >= 0.3 is 5.97 Å². The van der Waals surface area contributed by atoms with Crippen LogP contribution in [0.15, 0.2) is 0 Å². The summed E-state index contributed by atoms with van der Waals surface area (Å²) in [6, 6.07) is 0. The lowest BCUT2D eigenvalue weighted by atomic mass is 9.95. The fourth-order valence-corrected chi connectivity index (χ4v) is 7.14. The summed E-state index contributed by atoms with van der Waals surface area (Å²) in [4.78, 5) is 14.9. The molecule has 0 rings (SSSR count). The van der Waals surface area contributed by atoms with Gasteiger partial charge in [-0.15, -0.1) is 0 Å². The molecule has 6 nitrogen and oxygen atoms in total. The van der Waals surface area contributed by atoms with Gasteiger partial charge in [-0.2, -0.15) is 0 Å². The Bertz CT molecular complexity index is 683. The Morgan fingerprint density at radius 2 is 1.05 bits per heavy atom. The highest BCUT2D eigenvalue weighted by Crippen LogP contribution is 2.20. The van der Waals surface area contributed by atoms with Gasteiger partial charge in [-0.1, -0.05) is 130 Å². The van der Waals surface area contributed by atoms with Crippen LogP contribution in [0.2, 0.25) is 0 Å². The molecule has 0 aromatic heterocycles. The summed E-state index contributed by atoms with van der Waals surface area (Å²) in [5.74, 6) is 0.351. The van der Waals surface area contributed by atoms with E-state index < -0.39 is 10.0 Å². The summed E-state index contributed by atoms with van der Waals surface area (Å²) in [5.41, 5.74) is 0. The van der Waals surface area contributed by atoms with Crippen LogP contribution in [-0.2, 0) is 19.6 Å². The Labute approximate surface area is 263 Å². The molecule has 0 aliphatic rings. The largest absolute Gasteiger partial charge is 0.465 e. The van der Waals surface area contributed by atoms with Gasteiger partial charge in [0.15, 0.2) is 0 Å². The summed E-state index contributed by atoms with van der Waals surface area (Å²) < 4.78 is 33.8. The molecule has 0 aliphatic carbocycles. The van der Waals surface area contributed by atoms with Crippen LogP contribution in [0.25, 0.3) is 0 Å². The van der Waals surface area contributed by atoms with Crippen LogP contribution in [0.4, 0.5) is 0 Å². The number of hydrogen-bond acceptors (Lipinski definition) is 5. The maximum Gasteiger partial charge on any atom is 0.307 e. The maximum atomic E-state index is 13.2. The highest BCUT2D eigenvalue weighted by Gasteiger charge is 2.23. The average molecular weight is 617 g/mol. The number of nitrogens with zero attached hydrogens (tertiary/aromatic N) is 2.